The Hall–Kier alpha value is -0.150. The van der Waals surface area contributed by atoms with E-state index in [1.165, 1.54) is 12.8 Å². The van der Waals surface area contributed by atoms with Crippen molar-refractivity contribution in [3.8, 4) is 0 Å². The molecular formula is C11H23FN2. The summed E-state index contributed by atoms with van der Waals surface area (Å²) >= 11 is 0. The van der Waals surface area contributed by atoms with E-state index in [1.54, 1.807) is 0 Å². The molecule has 0 saturated carbocycles. The number of rotatable bonds is 5. The molecule has 0 aromatic rings. The van der Waals surface area contributed by atoms with E-state index in [9.17, 15) is 4.39 Å². The SMILES string of the molecule is CCNC(C)C1CCCN(CCF)C1. The number of alkyl halides is 1. The molecule has 1 aliphatic rings. The summed E-state index contributed by atoms with van der Waals surface area (Å²) in [6, 6.07) is 0.572. The summed E-state index contributed by atoms with van der Waals surface area (Å²) in [7, 11) is 0. The Balaban J connectivity index is 2.31. The first-order valence-electron chi connectivity index (χ1n) is 5.79. The Kier molecular flexibility index (Phi) is 5.41. The van der Waals surface area contributed by atoms with E-state index >= 15 is 0 Å². The van der Waals surface area contributed by atoms with Gasteiger partial charge >= 0.3 is 0 Å². The average molecular weight is 202 g/mol. The second kappa shape index (κ2) is 6.36. The molecule has 2 nitrogen and oxygen atoms in total. The molecule has 0 aliphatic carbocycles. The average Bonchev–Trinajstić information content (AvgIpc) is 2.19. The maximum absolute atomic E-state index is 12.2. The predicted octanol–water partition coefficient (Wildman–Crippen LogP) is 1.67. The van der Waals surface area contributed by atoms with Crippen LogP contribution in [0.3, 0.4) is 0 Å². The molecule has 1 fully saturated rings. The highest BCUT2D eigenvalue weighted by Gasteiger charge is 2.23. The Labute approximate surface area is 86.9 Å². The van der Waals surface area contributed by atoms with Crippen molar-refractivity contribution < 1.29 is 4.39 Å². The van der Waals surface area contributed by atoms with Gasteiger partial charge in [0.2, 0.25) is 0 Å². The third-order valence-corrected chi connectivity index (χ3v) is 3.18. The maximum Gasteiger partial charge on any atom is 0.102 e. The van der Waals surface area contributed by atoms with Crippen molar-refractivity contribution in [3.05, 3.63) is 0 Å². The molecule has 14 heavy (non-hydrogen) atoms. The van der Waals surface area contributed by atoms with E-state index in [0.29, 0.717) is 18.5 Å². The molecule has 0 amide bonds. The number of hydrogen-bond donors (Lipinski definition) is 1. The smallest absolute Gasteiger partial charge is 0.102 e. The minimum Gasteiger partial charge on any atom is -0.314 e. The molecule has 0 bridgehead atoms. The van der Waals surface area contributed by atoms with Crippen molar-refractivity contribution in [1.82, 2.24) is 10.2 Å². The van der Waals surface area contributed by atoms with Gasteiger partial charge < -0.3 is 10.2 Å². The third-order valence-electron chi connectivity index (χ3n) is 3.18. The lowest BCUT2D eigenvalue weighted by atomic mass is 9.91. The van der Waals surface area contributed by atoms with Crippen molar-refractivity contribution in [2.75, 3.05) is 32.9 Å². The van der Waals surface area contributed by atoms with Crippen LogP contribution in [0.4, 0.5) is 4.39 Å². The van der Waals surface area contributed by atoms with Gasteiger partial charge in [-0.1, -0.05) is 6.92 Å². The van der Waals surface area contributed by atoms with Crippen molar-refractivity contribution in [2.45, 2.75) is 32.7 Å². The summed E-state index contributed by atoms with van der Waals surface area (Å²) in [5.74, 6) is 0.704. The summed E-state index contributed by atoms with van der Waals surface area (Å²) in [4.78, 5) is 2.25. The molecule has 1 rings (SSSR count). The Morgan fingerprint density at radius 2 is 2.36 bits per heavy atom. The van der Waals surface area contributed by atoms with Crippen LogP contribution in [0.5, 0.6) is 0 Å². The Morgan fingerprint density at radius 1 is 1.57 bits per heavy atom. The maximum atomic E-state index is 12.2. The fourth-order valence-electron chi connectivity index (χ4n) is 2.31. The lowest BCUT2D eigenvalue weighted by Crippen LogP contribution is -2.44. The highest BCUT2D eigenvalue weighted by molar-refractivity contribution is 4.79. The van der Waals surface area contributed by atoms with Crippen molar-refractivity contribution in [1.29, 1.82) is 0 Å². The van der Waals surface area contributed by atoms with Gasteiger partial charge in [0.25, 0.3) is 0 Å². The number of halogens is 1. The second-order valence-corrected chi connectivity index (χ2v) is 4.24. The summed E-state index contributed by atoms with van der Waals surface area (Å²) in [5, 5.41) is 3.46. The van der Waals surface area contributed by atoms with Gasteiger partial charge in [0.05, 0.1) is 0 Å². The van der Waals surface area contributed by atoms with Crippen LogP contribution in [-0.4, -0.2) is 43.8 Å². The largest absolute Gasteiger partial charge is 0.314 e. The van der Waals surface area contributed by atoms with Crippen LogP contribution in [0, 0.1) is 5.92 Å². The van der Waals surface area contributed by atoms with Crippen molar-refractivity contribution in [2.24, 2.45) is 5.92 Å². The minimum atomic E-state index is -0.206. The van der Waals surface area contributed by atoms with Crippen LogP contribution in [0.1, 0.15) is 26.7 Å². The number of likely N-dealkylation sites (tertiary alicyclic amines) is 1. The first-order chi connectivity index (χ1) is 6.77. The molecule has 1 heterocycles. The fraction of sp³-hybridized carbons (Fsp3) is 1.00. The van der Waals surface area contributed by atoms with E-state index in [1.807, 2.05) is 0 Å². The summed E-state index contributed by atoms with van der Waals surface area (Å²) in [5.41, 5.74) is 0. The molecular weight excluding hydrogens is 179 g/mol. The van der Waals surface area contributed by atoms with E-state index in [-0.39, 0.29) is 6.67 Å². The van der Waals surface area contributed by atoms with Crippen LogP contribution >= 0.6 is 0 Å². The molecule has 1 saturated heterocycles. The van der Waals surface area contributed by atoms with Gasteiger partial charge in [-0.05, 0) is 38.8 Å². The molecule has 3 heteroatoms. The molecule has 0 radical (unpaired) electrons. The molecule has 84 valence electrons. The zero-order valence-corrected chi connectivity index (χ0v) is 9.43. The van der Waals surface area contributed by atoms with Gasteiger partial charge in [-0.25, -0.2) is 4.39 Å². The lowest BCUT2D eigenvalue weighted by Gasteiger charge is -2.35. The number of nitrogens with one attached hydrogen (secondary N) is 1. The number of nitrogens with zero attached hydrogens (tertiary/aromatic N) is 1. The topological polar surface area (TPSA) is 15.3 Å². The van der Waals surface area contributed by atoms with Gasteiger partial charge in [-0.15, -0.1) is 0 Å². The first-order valence-corrected chi connectivity index (χ1v) is 5.79. The van der Waals surface area contributed by atoms with Gasteiger partial charge in [-0.3, -0.25) is 0 Å². The lowest BCUT2D eigenvalue weighted by molar-refractivity contribution is 0.143. The molecule has 0 aromatic carbocycles. The van der Waals surface area contributed by atoms with Crippen molar-refractivity contribution >= 4 is 0 Å². The van der Waals surface area contributed by atoms with E-state index in [0.717, 1.165) is 19.6 Å². The van der Waals surface area contributed by atoms with Crippen LogP contribution in [0.15, 0.2) is 0 Å². The quantitative estimate of drug-likeness (QED) is 0.729. The molecule has 0 aromatic heterocycles. The number of hydrogen-bond acceptors (Lipinski definition) is 2. The predicted molar refractivity (Wildman–Crippen MR) is 58.3 cm³/mol. The van der Waals surface area contributed by atoms with Crippen LogP contribution < -0.4 is 5.32 Å². The summed E-state index contributed by atoms with van der Waals surface area (Å²) in [6.45, 7) is 7.97. The Morgan fingerprint density at radius 3 is 3.00 bits per heavy atom. The number of piperidine rings is 1. The van der Waals surface area contributed by atoms with Gasteiger partial charge in [-0.2, -0.15) is 0 Å². The van der Waals surface area contributed by atoms with Gasteiger partial charge in [0.1, 0.15) is 6.67 Å². The standard InChI is InChI=1S/C11H23FN2/c1-3-13-10(2)11-5-4-7-14(9-11)8-6-12/h10-11,13H,3-9H2,1-2H3. The van der Waals surface area contributed by atoms with Crippen LogP contribution in [-0.2, 0) is 0 Å². The van der Waals surface area contributed by atoms with Crippen LogP contribution in [0.25, 0.3) is 0 Å². The first kappa shape index (κ1) is 11.9. The molecule has 1 N–H and O–H groups in total. The monoisotopic (exact) mass is 202 g/mol. The highest BCUT2D eigenvalue weighted by atomic mass is 19.1. The normalized spacial score (nSPS) is 26.4. The summed E-state index contributed by atoms with van der Waals surface area (Å²) < 4.78 is 12.2. The third kappa shape index (κ3) is 3.54. The van der Waals surface area contributed by atoms with Gasteiger partial charge in [0.15, 0.2) is 0 Å². The van der Waals surface area contributed by atoms with Crippen LogP contribution in [0.2, 0.25) is 0 Å². The zero-order chi connectivity index (χ0) is 10.4. The van der Waals surface area contributed by atoms with E-state index < -0.39 is 0 Å². The zero-order valence-electron chi connectivity index (χ0n) is 9.43. The van der Waals surface area contributed by atoms with E-state index in [4.69, 9.17) is 0 Å². The fourth-order valence-corrected chi connectivity index (χ4v) is 2.31. The van der Waals surface area contributed by atoms with Crippen molar-refractivity contribution in [3.63, 3.8) is 0 Å². The second-order valence-electron chi connectivity index (χ2n) is 4.24. The summed E-state index contributed by atoms with van der Waals surface area (Å²) in [6.07, 6.45) is 2.51. The molecule has 2 atom stereocenters. The molecule has 2 unspecified atom stereocenters. The molecule has 1 aliphatic heterocycles. The molecule has 0 spiro atoms. The minimum absolute atomic E-state index is 0.206. The Bertz CT molecular complexity index is 146. The van der Waals surface area contributed by atoms with Gasteiger partial charge in [0, 0.05) is 19.1 Å². The van der Waals surface area contributed by atoms with E-state index in [2.05, 4.69) is 24.1 Å². The highest BCUT2D eigenvalue weighted by Crippen LogP contribution is 2.19.